The Hall–Kier alpha value is -3.37. The first-order valence-electron chi connectivity index (χ1n) is 8.30. The minimum Gasteiger partial charge on any atom is -0.422 e. The lowest BCUT2D eigenvalue weighted by atomic mass is 10.0. The Morgan fingerprint density at radius 2 is 1.67 bits per heavy atom. The third kappa shape index (κ3) is 3.61. The van der Waals surface area contributed by atoms with Gasteiger partial charge in [-0.1, -0.05) is 41.9 Å². The minimum absolute atomic E-state index is 0.274. The van der Waals surface area contributed by atoms with Crippen molar-refractivity contribution in [2.24, 2.45) is 0 Å². The number of para-hydroxylation sites is 1. The van der Waals surface area contributed by atoms with E-state index in [0.717, 1.165) is 5.39 Å². The highest BCUT2D eigenvalue weighted by molar-refractivity contribution is 6.30. The quantitative estimate of drug-likeness (QED) is 0.490. The molecule has 5 heteroatoms. The fraction of sp³-hybridized carbons (Fsp3) is 0. The van der Waals surface area contributed by atoms with Gasteiger partial charge in [-0.3, -0.25) is 4.79 Å². The van der Waals surface area contributed by atoms with Gasteiger partial charge in [0.1, 0.15) is 5.58 Å². The maximum atomic E-state index is 12.5. The molecule has 1 aromatic heterocycles. The normalized spacial score (nSPS) is 10.7. The van der Waals surface area contributed by atoms with Gasteiger partial charge < -0.3 is 9.73 Å². The molecule has 0 aliphatic carbocycles. The lowest BCUT2D eigenvalue weighted by molar-refractivity contribution is 0.102. The number of halogens is 1. The van der Waals surface area contributed by atoms with Crippen LogP contribution in [-0.2, 0) is 0 Å². The Bertz CT molecular complexity index is 1200. The van der Waals surface area contributed by atoms with Crippen LogP contribution in [0, 0.1) is 0 Å². The molecule has 0 aliphatic rings. The van der Waals surface area contributed by atoms with Crippen LogP contribution in [0.2, 0.25) is 5.02 Å². The van der Waals surface area contributed by atoms with Crippen molar-refractivity contribution in [1.82, 2.24) is 0 Å². The van der Waals surface area contributed by atoms with Crippen LogP contribution in [0.5, 0.6) is 0 Å². The summed E-state index contributed by atoms with van der Waals surface area (Å²) in [5.41, 5.74) is 2.20. The number of benzene rings is 3. The highest BCUT2D eigenvalue weighted by atomic mass is 35.5. The van der Waals surface area contributed by atoms with E-state index in [1.165, 1.54) is 0 Å². The van der Waals surface area contributed by atoms with Crippen molar-refractivity contribution in [1.29, 1.82) is 0 Å². The van der Waals surface area contributed by atoms with Gasteiger partial charge in [0, 0.05) is 21.7 Å². The van der Waals surface area contributed by atoms with Gasteiger partial charge in [-0.05, 0) is 54.1 Å². The molecule has 132 valence electrons. The van der Waals surface area contributed by atoms with E-state index in [0.29, 0.717) is 33.0 Å². The highest BCUT2D eigenvalue weighted by Gasteiger charge is 2.11. The molecule has 0 bridgehead atoms. The second-order valence-corrected chi connectivity index (χ2v) is 6.46. The van der Waals surface area contributed by atoms with Crippen LogP contribution in [0.4, 0.5) is 5.69 Å². The van der Waals surface area contributed by atoms with Crippen molar-refractivity contribution in [3.63, 3.8) is 0 Å². The number of fused-ring (bicyclic) bond motifs is 1. The lowest BCUT2D eigenvalue weighted by Gasteiger charge is -2.07. The van der Waals surface area contributed by atoms with Crippen LogP contribution in [0.25, 0.3) is 22.1 Å². The summed E-state index contributed by atoms with van der Waals surface area (Å²) in [4.78, 5) is 24.9. The fourth-order valence-electron chi connectivity index (χ4n) is 2.83. The van der Waals surface area contributed by atoms with Crippen LogP contribution in [0.15, 0.2) is 88.1 Å². The molecule has 0 unspecified atom stereocenters. The number of nitrogens with one attached hydrogen (secondary N) is 1. The molecule has 0 fully saturated rings. The molecule has 4 nitrogen and oxygen atoms in total. The second-order valence-electron chi connectivity index (χ2n) is 6.03. The van der Waals surface area contributed by atoms with Gasteiger partial charge in [0.2, 0.25) is 0 Å². The maximum Gasteiger partial charge on any atom is 0.344 e. The van der Waals surface area contributed by atoms with Crippen LogP contribution >= 0.6 is 11.6 Å². The number of rotatable bonds is 3. The van der Waals surface area contributed by atoms with Crippen LogP contribution in [0.1, 0.15) is 10.4 Å². The van der Waals surface area contributed by atoms with Gasteiger partial charge in [-0.2, -0.15) is 0 Å². The summed E-state index contributed by atoms with van der Waals surface area (Å²) in [6.07, 6.45) is 0. The van der Waals surface area contributed by atoms with E-state index >= 15 is 0 Å². The topological polar surface area (TPSA) is 59.3 Å². The van der Waals surface area contributed by atoms with Gasteiger partial charge >= 0.3 is 5.63 Å². The first kappa shape index (κ1) is 17.1. The van der Waals surface area contributed by atoms with Gasteiger partial charge in [-0.15, -0.1) is 0 Å². The lowest BCUT2D eigenvalue weighted by Crippen LogP contribution is -2.12. The summed E-state index contributed by atoms with van der Waals surface area (Å²) >= 11 is 5.86. The summed E-state index contributed by atoms with van der Waals surface area (Å²) in [5, 5.41) is 4.23. The smallest absolute Gasteiger partial charge is 0.344 e. The first-order chi connectivity index (χ1) is 13.1. The zero-order valence-corrected chi connectivity index (χ0v) is 14.9. The zero-order valence-electron chi connectivity index (χ0n) is 14.1. The molecule has 1 heterocycles. The van der Waals surface area contributed by atoms with Crippen molar-refractivity contribution in [2.75, 3.05) is 5.32 Å². The Kier molecular flexibility index (Phi) is 4.48. The van der Waals surface area contributed by atoms with Gasteiger partial charge in [0.05, 0.1) is 5.56 Å². The molecule has 0 atom stereocenters. The monoisotopic (exact) mass is 375 g/mol. The average molecular weight is 376 g/mol. The number of amides is 1. The van der Waals surface area contributed by atoms with E-state index in [1.807, 2.05) is 18.2 Å². The predicted octanol–water partition coefficient (Wildman–Crippen LogP) is 5.37. The number of carbonyl (C=O) groups is 1. The van der Waals surface area contributed by atoms with Gasteiger partial charge in [-0.25, -0.2) is 4.79 Å². The molecule has 0 radical (unpaired) electrons. The molecule has 0 saturated carbocycles. The third-order valence-corrected chi connectivity index (χ3v) is 4.43. The second kappa shape index (κ2) is 7.09. The number of anilines is 1. The molecule has 3 aromatic carbocycles. The largest absolute Gasteiger partial charge is 0.422 e. The Balaban J connectivity index is 1.68. The number of carbonyl (C=O) groups excluding carboxylic acids is 1. The Labute approximate surface area is 160 Å². The first-order valence-corrected chi connectivity index (χ1v) is 8.68. The van der Waals surface area contributed by atoms with Crippen LogP contribution in [-0.4, -0.2) is 5.91 Å². The van der Waals surface area contributed by atoms with Gasteiger partial charge in [0.15, 0.2) is 0 Å². The molecule has 0 saturated heterocycles. The Morgan fingerprint density at radius 3 is 2.48 bits per heavy atom. The standard InChI is InChI=1S/C22H14ClNO3/c23-17-8-10-18(11-9-17)24-21(25)16-6-3-5-14(12-16)19-13-15-4-1-2-7-20(15)27-22(19)26/h1-13H,(H,24,25). The molecular formula is C22H14ClNO3. The summed E-state index contributed by atoms with van der Waals surface area (Å²) in [6.45, 7) is 0. The number of hydrogen-bond donors (Lipinski definition) is 1. The SMILES string of the molecule is O=C(Nc1ccc(Cl)cc1)c1cccc(-c2cc3ccccc3oc2=O)c1. The van der Waals surface area contributed by atoms with Crippen LogP contribution < -0.4 is 10.9 Å². The minimum atomic E-state index is -0.441. The van der Waals surface area contributed by atoms with Gasteiger partial charge in [0.25, 0.3) is 5.91 Å². The predicted molar refractivity (Wildman–Crippen MR) is 107 cm³/mol. The van der Waals surface area contributed by atoms with Crippen molar-refractivity contribution in [3.8, 4) is 11.1 Å². The zero-order chi connectivity index (χ0) is 18.8. The van der Waals surface area contributed by atoms with Crippen molar-refractivity contribution in [3.05, 3.63) is 99.9 Å². The van der Waals surface area contributed by atoms with E-state index in [2.05, 4.69) is 5.32 Å². The molecular weight excluding hydrogens is 362 g/mol. The number of hydrogen-bond acceptors (Lipinski definition) is 3. The van der Waals surface area contributed by atoms with E-state index in [1.54, 1.807) is 60.7 Å². The molecule has 4 aromatic rings. The molecule has 0 aliphatic heterocycles. The van der Waals surface area contributed by atoms with Crippen molar-refractivity contribution < 1.29 is 9.21 Å². The van der Waals surface area contributed by atoms with E-state index in [-0.39, 0.29) is 5.91 Å². The highest BCUT2D eigenvalue weighted by Crippen LogP contribution is 2.22. The van der Waals surface area contributed by atoms with E-state index < -0.39 is 5.63 Å². The Morgan fingerprint density at radius 1 is 0.889 bits per heavy atom. The van der Waals surface area contributed by atoms with Crippen LogP contribution in [0.3, 0.4) is 0 Å². The summed E-state index contributed by atoms with van der Waals surface area (Å²) in [5.74, 6) is -0.274. The van der Waals surface area contributed by atoms with Crippen molar-refractivity contribution >= 4 is 34.2 Å². The maximum absolute atomic E-state index is 12.5. The van der Waals surface area contributed by atoms with E-state index in [9.17, 15) is 9.59 Å². The average Bonchev–Trinajstić information content (AvgIpc) is 2.69. The molecule has 27 heavy (non-hydrogen) atoms. The summed E-state index contributed by atoms with van der Waals surface area (Å²) < 4.78 is 5.39. The molecule has 0 spiro atoms. The molecule has 4 rings (SSSR count). The third-order valence-electron chi connectivity index (χ3n) is 4.18. The fourth-order valence-corrected chi connectivity index (χ4v) is 2.95. The van der Waals surface area contributed by atoms with Crippen molar-refractivity contribution in [2.45, 2.75) is 0 Å². The van der Waals surface area contributed by atoms with E-state index in [4.69, 9.17) is 16.0 Å². The molecule has 1 amide bonds. The summed E-state index contributed by atoms with van der Waals surface area (Å²) in [6, 6.07) is 22.8. The summed E-state index contributed by atoms with van der Waals surface area (Å²) in [7, 11) is 0. The molecule has 1 N–H and O–H groups in total.